The number of nitrogens with zero attached hydrogens (tertiary/aromatic N) is 3. The third-order valence-electron chi connectivity index (χ3n) is 2.43. The van der Waals surface area contributed by atoms with Gasteiger partial charge in [-0.15, -0.1) is 0 Å². The zero-order valence-corrected chi connectivity index (χ0v) is 9.10. The van der Waals surface area contributed by atoms with Crippen LogP contribution in [-0.4, -0.2) is 38.2 Å². The van der Waals surface area contributed by atoms with Crippen molar-refractivity contribution in [3.05, 3.63) is 12.2 Å². The highest BCUT2D eigenvalue weighted by Gasteiger charge is 2.34. The smallest absolute Gasteiger partial charge is 0.323 e. The third-order valence-corrected chi connectivity index (χ3v) is 2.43. The molecule has 0 radical (unpaired) electrons. The van der Waals surface area contributed by atoms with Crippen molar-refractivity contribution in [2.75, 3.05) is 6.54 Å². The molecule has 0 spiro atoms. The first-order valence-electron chi connectivity index (χ1n) is 4.72. The molecule has 0 aliphatic heterocycles. The predicted molar refractivity (Wildman–Crippen MR) is 52.1 cm³/mol. The minimum absolute atomic E-state index is 0.343. The maximum absolute atomic E-state index is 11.0. The van der Waals surface area contributed by atoms with Gasteiger partial charge in [0.2, 0.25) is 5.89 Å². The van der Waals surface area contributed by atoms with Crippen LogP contribution in [0.4, 0.5) is 0 Å². The summed E-state index contributed by atoms with van der Waals surface area (Å²) in [5, 5.41) is 12.5. The Labute approximate surface area is 87.9 Å². The molecule has 0 fully saturated rings. The van der Waals surface area contributed by atoms with E-state index in [0.717, 1.165) is 0 Å². The van der Waals surface area contributed by atoms with Gasteiger partial charge in [-0.25, -0.2) is 0 Å². The molecule has 1 N–H and O–H groups in total. The lowest BCUT2D eigenvalue weighted by atomic mass is 10.0. The molecule has 0 bridgehead atoms. The second-order valence-corrected chi connectivity index (χ2v) is 3.71. The fourth-order valence-electron chi connectivity index (χ4n) is 1.27. The molecule has 0 aliphatic carbocycles. The highest BCUT2D eigenvalue weighted by atomic mass is 16.5. The maximum Gasteiger partial charge on any atom is 0.323 e. The quantitative estimate of drug-likeness (QED) is 0.777. The number of rotatable bonds is 5. The molecule has 84 valence electrons. The molecule has 1 aromatic rings. The average molecular weight is 213 g/mol. The van der Waals surface area contributed by atoms with Gasteiger partial charge in [-0.05, 0) is 20.4 Å². The number of likely N-dealkylation sites (N-methyl/N-ethyl adjacent to an activating group) is 1. The van der Waals surface area contributed by atoms with Crippen LogP contribution in [0.3, 0.4) is 0 Å². The van der Waals surface area contributed by atoms with Gasteiger partial charge in [0, 0.05) is 0 Å². The Hall–Kier alpha value is -1.43. The fourth-order valence-corrected chi connectivity index (χ4v) is 1.27. The van der Waals surface area contributed by atoms with E-state index < -0.39 is 11.5 Å². The number of aromatic nitrogens is 2. The molecule has 0 aliphatic rings. The van der Waals surface area contributed by atoms with E-state index in [0.29, 0.717) is 19.0 Å². The summed E-state index contributed by atoms with van der Waals surface area (Å²) in [7, 11) is 0. The van der Waals surface area contributed by atoms with Gasteiger partial charge in [0.05, 0.1) is 6.54 Å². The summed E-state index contributed by atoms with van der Waals surface area (Å²) in [4.78, 5) is 16.7. The third kappa shape index (κ3) is 2.53. The summed E-state index contributed by atoms with van der Waals surface area (Å²) in [6, 6.07) is 0. The van der Waals surface area contributed by atoms with E-state index in [9.17, 15) is 4.79 Å². The lowest BCUT2D eigenvalue weighted by Crippen LogP contribution is -2.49. The SMILES string of the molecule is CCN(Cc1ncno1)C(C)(C)C(=O)O. The number of hydrogen-bond donors (Lipinski definition) is 1. The highest BCUT2D eigenvalue weighted by Crippen LogP contribution is 2.16. The first-order chi connectivity index (χ1) is 6.98. The fraction of sp³-hybridized carbons (Fsp3) is 0.667. The summed E-state index contributed by atoms with van der Waals surface area (Å²) in [5.74, 6) is -0.449. The first-order valence-corrected chi connectivity index (χ1v) is 4.72. The standard InChI is InChI=1S/C9H15N3O3/c1-4-12(9(2,3)8(13)14)5-7-10-6-11-15-7/h6H,4-5H2,1-3H3,(H,13,14). The van der Waals surface area contributed by atoms with Crippen LogP contribution >= 0.6 is 0 Å². The van der Waals surface area contributed by atoms with Crippen LogP contribution in [0, 0.1) is 0 Å². The number of carboxylic acid groups (broad SMARTS) is 1. The van der Waals surface area contributed by atoms with E-state index in [4.69, 9.17) is 9.63 Å². The first kappa shape index (κ1) is 11.6. The molecule has 1 heterocycles. The maximum atomic E-state index is 11.0. The second-order valence-electron chi connectivity index (χ2n) is 3.71. The van der Waals surface area contributed by atoms with Crippen molar-refractivity contribution < 1.29 is 14.4 Å². The summed E-state index contributed by atoms with van der Waals surface area (Å²) in [5.41, 5.74) is -0.941. The van der Waals surface area contributed by atoms with Crippen molar-refractivity contribution in [3.8, 4) is 0 Å². The molecule has 0 unspecified atom stereocenters. The Morgan fingerprint density at radius 3 is 2.73 bits per heavy atom. The Morgan fingerprint density at radius 1 is 1.67 bits per heavy atom. The van der Waals surface area contributed by atoms with Gasteiger partial charge >= 0.3 is 5.97 Å². The summed E-state index contributed by atoms with van der Waals surface area (Å²) in [6.45, 7) is 6.13. The van der Waals surface area contributed by atoms with Gasteiger partial charge in [0.25, 0.3) is 0 Å². The molecular formula is C9H15N3O3. The second kappa shape index (κ2) is 4.39. The van der Waals surface area contributed by atoms with Crippen molar-refractivity contribution in [2.45, 2.75) is 32.9 Å². The number of carboxylic acids is 1. The number of hydrogen-bond acceptors (Lipinski definition) is 5. The Bertz CT molecular complexity index is 321. The Kier molecular flexibility index (Phi) is 3.41. The largest absolute Gasteiger partial charge is 0.480 e. The molecule has 0 atom stereocenters. The van der Waals surface area contributed by atoms with Gasteiger partial charge < -0.3 is 9.63 Å². The van der Waals surface area contributed by atoms with Crippen molar-refractivity contribution in [2.24, 2.45) is 0 Å². The highest BCUT2D eigenvalue weighted by molar-refractivity contribution is 5.77. The van der Waals surface area contributed by atoms with Crippen molar-refractivity contribution in [1.29, 1.82) is 0 Å². The molecule has 1 rings (SSSR count). The summed E-state index contributed by atoms with van der Waals surface area (Å²) >= 11 is 0. The van der Waals surface area contributed by atoms with Crippen molar-refractivity contribution in [1.82, 2.24) is 15.0 Å². The summed E-state index contributed by atoms with van der Waals surface area (Å²) in [6.07, 6.45) is 1.30. The van der Waals surface area contributed by atoms with Crippen molar-refractivity contribution >= 4 is 5.97 Å². The van der Waals surface area contributed by atoms with E-state index in [1.54, 1.807) is 18.7 Å². The number of aliphatic carboxylic acids is 1. The topological polar surface area (TPSA) is 79.5 Å². The Balaban J connectivity index is 2.76. The van der Waals surface area contributed by atoms with Gasteiger partial charge in [-0.3, -0.25) is 9.69 Å². The molecule has 0 saturated heterocycles. The van der Waals surface area contributed by atoms with Crippen LogP contribution in [0.25, 0.3) is 0 Å². The van der Waals surface area contributed by atoms with Crippen LogP contribution < -0.4 is 0 Å². The van der Waals surface area contributed by atoms with Gasteiger partial charge in [-0.2, -0.15) is 4.98 Å². The van der Waals surface area contributed by atoms with E-state index in [2.05, 4.69) is 10.1 Å². The van der Waals surface area contributed by atoms with Crippen LogP contribution in [0.5, 0.6) is 0 Å². The van der Waals surface area contributed by atoms with E-state index in [1.807, 2.05) is 6.92 Å². The van der Waals surface area contributed by atoms with E-state index in [-0.39, 0.29) is 0 Å². The van der Waals surface area contributed by atoms with Crippen LogP contribution in [0.1, 0.15) is 26.7 Å². The lowest BCUT2D eigenvalue weighted by Gasteiger charge is -2.32. The van der Waals surface area contributed by atoms with E-state index in [1.165, 1.54) is 6.33 Å². The number of carbonyl (C=O) groups is 1. The molecule has 6 heteroatoms. The molecule has 1 aromatic heterocycles. The van der Waals surface area contributed by atoms with Crippen molar-refractivity contribution in [3.63, 3.8) is 0 Å². The van der Waals surface area contributed by atoms with Gasteiger partial charge in [0.1, 0.15) is 5.54 Å². The monoisotopic (exact) mass is 213 g/mol. The Morgan fingerprint density at radius 2 is 2.33 bits per heavy atom. The minimum Gasteiger partial charge on any atom is -0.480 e. The molecule has 0 aromatic carbocycles. The molecule has 0 saturated carbocycles. The molecule has 15 heavy (non-hydrogen) atoms. The minimum atomic E-state index is -0.941. The predicted octanol–water partition coefficient (Wildman–Crippen LogP) is 0.755. The van der Waals surface area contributed by atoms with Crippen LogP contribution in [-0.2, 0) is 11.3 Å². The molecular weight excluding hydrogens is 198 g/mol. The van der Waals surface area contributed by atoms with Crippen LogP contribution in [0.2, 0.25) is 0 Å². The van der Waals surface area contributed by atoms with Crippen LogP contribution in [0.15, 0.2) is 10.9 Å². The molecule has 6 nitrogen and oxygen atoms in total. The zero-order valence-electron chi connectivity index (χ0n) is 9.10. The molecule has 0 amide bonds. The lowest BCUT2D eigenvalue weighted by molar-refractivity contribution is -0.149. The normalized spacial score (nSPS) is 12.0. The zero-order chi connectivity index (χ0) is 11.5. The van der Waals surface area contributed by atoms with E-state index >= 15 is 0 Å². The van der Waals surface area contributed by atoms with Gasteiger partial charge in [0.15, 0.2) is 6.33 Å². The van der Waals surface area contributed by atoms with Gasteiger partial charge in [-0.1, -0.05) is 12.1 Å². The summed E-state index contributed by atoms with van der Waals surface area (Å²) < 4.78 is 4.85. The average Bonchev–Trinajstić information content (AvgIpc) is 2.65.